The van der Waals surface area contributed by atoms with Crippen LogP contribution in [0.3, 0.4) is 0 Å². The highest BCUT2D eigenvalue weighted by molar-refractivity contribution is 5.74. The van der Waals surface area contributed by atoms with E-state index in [2.05, 4.69) is 67.5 Å². The summed E-state index contributed by atoms with van der Waals surface area (Å²) >= 11 is 0. The van der Waals surface area contributed by atoms with E-state index in [1.807, 2.05) is 30.9 Å². The number of rotatable bonds is 9. The van der Waals surface area contributed by atoms with E-state index in [9.17, 15) is 0 Å². The fraction of sp³-hybridized carbons (Fsp3) is 0.500. The molecule has 176 valence electrons. The second-order valence-electron chi connectivity index (χ2n) is 9.24. The van der Waals surface area contributed by atoms with Crippen molar-refractivity contribution in [1.29, 1.82) is 0 Å². The monoisotopic (exact) mass is 451 g/mol. The predicted molar refractivity (Wildman–Crippen MR) is 126 cm³/mol. The third-order valence-electron chi connectivity index (χ3n) is 6.80. The van der Waals surface area contributed by atoms with E-state index in [1.165, 1.54) is 12.0 Å². The summed E-state index contributed by atoms with van der Waals surface area (Å²) in [6.45, 7) is 4.34. The molecule has 2 N–H and O–H groups in total. The molecule has 0 radical (unpaired) electrons. The maximum absolute atomic E-state index is 6.51. The number of piperazine rings is 1. The van der Waals surface area contributed by atoms with Gasteiger partial charge < -0.3 is 19.7 Å². The Labute approximate surface area is 195 Å². The topological polar surface area (TPSA) is 81.8 Å². The first-order chi connectivity index (χ1) is 16.1. The summed E-state index contributed by atoms with van der Waals surface area (Å²) in [5.74, 6) is 0.0250. The molecule has 4 aliphatic heterocycles. The van der Waals surface area contributed by atoms with Gasteiger partial charge in [0.25, 0.3) is 0 Å². The van der Waals surface area contributed by atoms with Crippen molar-refractivity contribution in [2.45, 2.75) is 30.9 Å². The molecule has 3 saturated heterocycles. The Morgan fingerprint density at radius 1 is 1.21 bits per heavy atom. The van der Waals surface area contributed by atoms with Crippen LogP contribution in [-0.2, 0) is 11.3 Å². The first-order valence-electron chi connectivity index (χ1n) is 11.5. The van der Waals surface area contributed by atoms with Crippen molar-refractivity contribution >= 4 is 5.57 Å². The van der Waals surface area contributed by atoms with Crippen molar-refractivity contribution in [1.82, 2.24) is 35.2 Å². The number of piperidine rings is 1. The molecule has 0 amide bonds. The van der Waals surface area contributed by atoms with Gasteiger partial charge >= 0.3 is 0 Å². The molecule has 2 aromatic heterocycles. The Balaban J connectivity index is 1.27. The molecule has 2 aromatic rings. The summed E-state index contributed by atoms with van der Waals surface area (Å²) in [5, 5.41) is 10.5. The minimum atomic E-state index is -0.631. The zero-order chi connectivity index (χ0) is 22.8. The molecule has 2 bridgehead atoms. The first-order valence-corrected chi connectivity index (χ1v) is 11.5. The number of methoxy groups -OCH3 is 1. The SMILES string of the molecule is COc1ccc(CN2C3CC2CN(C2(OCCN(C)C)C=CC(c4cn[nH]c4)=CN2)C3)cn1. The Morgan fingerprint density at radius 2 is 2.06 bits per heavy atom. The van der Waals surface area contributed by atoms with Gasteiger partial charge in [-0.2, -0.15) is 5.10 Å². The number of dihydropyridines is 1. The van der Waals surface area contributed by atoms with Crippen molar-refractivity contribution in [3.63, 3.8) is 0 Å². The van der Waals surface area contributed by atoms with Gasteiger partial charge in [-0.05, 0) is 32.2 Å². The van der Waals surface area contributed by atoms with Gasteiger partial charge in [0.1, 0.15) is 0 Å². The van der Waals surface area contributed by atoms with Crippen LogP contribution in [0.4, 0.5) is 0 Å². The van der Waals surface area contributed by atoms with Crippen molar-refractivity contribution < 1.29 is 9.47 Å². The van der Waals surface area contributed by atoms with Gasteiger partial charge in [-0.25, -0.2) is 4.98 Å². The predicted octanol–water partition coefficient (Wildman–Crippen LogP) is 1.50. The summed E-state index contributed by atoms with van der Waals surface area (Å²) < 4.78 is 11.7. The summed E-state index contributed by atoms with van der Waals surface area (Å²) in [4.78, 5) is 11.5. The number of pyridine rings is 1. The smallest absolute Gasteiger partial charge is 0.218 e. The van der Waals surface area contributed by atoms with Crippen LogP contribution in [0.25, 0.3) is 5.57 Å². The third kappa shape index (κ3) is 4.54. The maximum atomic E-state index is 6.51. The second kappa shape index (κ2) is 9.26. The summed E-state index contributed by atoms with van der Waals surface area (Å²) in [7, 11) is 5.78. The standard InChI is InChI=1S/C24H33N7O2/c1-29(2)8-9-33-24(7-6-19(12-26-24)20-13-27-28-14-20)30-16-21-10-22(17-30)31(21)15-18-4-5-23(32-3)25-11-18/h4-7,11-14,21-22,26H,8-10,15-17H2,1-3H3,(H,27,28). The number of nitrogens with one attached hydrogen (secondary N) is 2. The quantitative estimate of drug-likeness (QED) is 0.594. The van der Waals surface area contributed by atoms with Gasteiger partial charge in [0, 0.05) is 74.1 Å². The van der Waals surface area contributed by atoms with Gasteiger partial charge in [0.2, 0.25) is 11.7 Å². The van der Waals surface area contributed by atoms with Crippen molar-refractivity contribution in [3.8, 4) is 5.88 Å². The van der Waals surface area contributed by atoms with Crippen LogP contribution in [-0.4, -0.2) is 95.3 Å². The molecule has 4 aliphatic rings. The number of hydrogen-bond acceptors (Lipinski definition) is 8. The van der Waals surface area contributed by atoms with Gasteiger partial charge in [-0.1, -0.05) is 12.1 Å². The van der Waals surface area contributed by atoms with Crippen molar-refractivity contribution in [2.24, 2.45) is 0 Å². The molecule has 3 atom stereocenters. The lowest BCUT2D eigenvalue weighted by Crippen LogP contribution is -2.74. The fourth-order valence-electron chi connectivity index (χ4n) is 4.88. The first kappa shape index (κ1) is 22.1. The molecular weight excluding hydrogens is 418 g/mol. The average molecular weight is 452 g/mol. The number of aromatic amines is 1. The number of aromatic nitrogens is 3. The van der Waals surface area contributed by atoms with E-state index < -0.39 is 5.85 Å². The van der Waals surface area contributed by atoms with E-state index >= 15 is 0 Å². The van der Waals surface area contributed by atoms with Crippen LogP contribution >= 0.6 is 0 Å². The third-order valence-corrected chi connectivity index (χ3v) is 6.80. The van der Waals surface area contributed by atoms with Crippen molar-refractivity contribution in [2.75, 3.05) is 47.4 Å². The molecule has 9 heteroatoms. The zero-order valence-corrected chi connectivity index (χ0v) is 19.6. The number of likely N-dealkylation sites (N-methyl/N-ethyl adjacent to an activating group) is 1. The number of fused-ring (bicyclic) bond motifs is 2. The molecule has 33 heavy (non-hydrogen) atoms. The minimum absolute atomic E-state index is 0.509. The minimum Gasteiger partial charge on any atom is -0.481 e. The van der Waals surface area contributed by atoms with Crippen molar-refractivity contribution in [3.05, 3.63) is 60.2 Å². The van der Waals surface area contributed by atoms with E-state index in [1.54, 1.807) is 7.11 Å². The van der Waals surface area contributed by atoms with E-state index in [4.69, 9.17) is 9.47 Å². The number of allylic oxidation sites excluding steroid dienone is 2. The van der Waals surface area contributed by atoms with Crippen LogP contribution < -0.4 is 10.1 Å². The van der Waals surface area contributed by atoms with Crippen LogP contribution in [0.5, 0.6) is 5.88 Å². The van der Waals surface area contributed by atoms with Crippen LogP contribution in [0.15, 0.2) is 49.1 Å². The summed E-state index contributed by atoms with van der Waals surface area (Å²) in [5.41, 5.74) is 3.37. The highest BCUT2D eigenvalue weighted by atomic mass is 16.5. The Kier molecular flexibility index (Phi) is 6.20. The number of hydrogen-bond donors (Lipinski definition) is 2. The van der Waals surface area contributed by atoms with Crippen LogP contribution in [0.2, 0.25) is 0 Å². The highest BCUT2D eigenvalue weighted by Gasteiger charge is 2.50. The Morgan fingerprint density at radius 3 is 2.67 bits per heavy atom. The van der Waals surface area contributed by atoms with Gasteiger partial charge in [-0.3, -0.25) is 14.9 Å². The lowest BCUT2D eigenvalue weighted by atomic mass is 9.86. The lowest BCUT2D eigenvalue weighted by Gasteiger charge is -2.60. The molecule has 6 rings (SSSR count). The number of ether oxygens (including phenoxy) is 2. The summed E-state index contributed by atoms with van der Waals surface area (Å²) in [6.07, 6.45) is 13.2. The summed E-state index contributed by atoms with van der Waals surface area (Å²) in [6, 6.07) is 5.06. The number of H-pyrrole nitrogens is 1. The molecule has 0 saturated carbocycles. The van der Waals surface area contributed by atoms with E-state index in [0.29, 0.717) is 24.6 Å². The van der Waals surface area contributed by atoms with E-state index in [0.717, 1.165) is 37.3 Å². The van der Waals surface area contributed by atoms with Gasteiger partial charge in [-0.15, -0.1) is 0 Å². The molecule has 0 aliphatic carbocycles. The highest BCUT2D eigenvalue weighted by Crippen LogP contribution is 2.38. The Hall–Kier alpha value is -2.72. The molecule has 0 spiro atoms. The number of nitrogens with zero attached hydrogens (tertiary/aromatic N) is 5. The zero-order valence-electron chi connectivity index (χ0n) is 19.6. The van der Waals surface area contributed by atoms with E-state index in [-0.39, 0.29) is 0 Å². The average Bonchev–Trinajstić information content (AvgIpc) is 3.38. The maximum Gasteiger partial charge on any atom is 0.218 e. The molecular formula is C24H33N7O2. The van der Waals surface area contributed by atoms with Crippen LogP contribution in [0.1, 0.15) is 17.5 Å². The Bertz CT molecular complexity index is 977. The molecule has 6 heterocycles. The molecule has 3 fully saturated rings. The van der Waals surface area contributed by atoms with Gasteiger partial charge in [0.05, 0.1) is 19.9 Å². The van der Waals surface area contributed by atoms with Gasteiger partial charge in [0.15, 0.2) is 0 Å². The molecule has 0 aromatic carbocycles. The molecule has 3 unspecified atom stereocenters. The second-order valence-corrected chi connectivity index (χ2v) is 9.24. The lowest BCUT2D eigenvalue weighted by molar-refractivity contribution is -0.193. The largest absolute Gasteiger partial charge is 0.481 e. The molecule has 9 nitrogen and oxygen atoms in total. The normalized spacial score (nSPS) is 27.2. The fourth-order valence-corrected chi connectivity index (χ4v) is 4.88. The van der Waals surface area contributed by atoms with Crippen LogP contribution in [0, 0.1) is 0 Å².